The predicted molar refractivity (Wildman–Crippen MR) is 100 cm³/mol. The van der Waals surface area contributed by atoms with E-state index in [2.05, 4.69) is 19.1 Å². The van der Waals surface area contributed by atoms with E-state index in [-0.39, 0.29) is 6.04 Å². The molecule has 0 spiro atoms. The minimum absolute atomic E-state index is 0.0314. The van der Waals surface area contributed by atoms with Crippen LogP contribution in [0.4, 0.5) is 0 Å². The molecular formula is C19H25NO2S2. The summed E-state index contributed by atoms with van der Waals surface area (Å²) in [5, 5.41) is 0. The molecule has 1 aliphatic heterocycles. The van der Waals surface area contributed by atoms with E-state index in [1.54, 1.807) is 15.6 Å². The molecule has 130 valence electrons. The van der Waals surface area contributed by atoms with Crippen LogP contribution < -0.4 is 0 Å². The molecule has 24 heavy (non-hydrogen) atoms. The molecule has 1 aromatic carbocycles. The summed E-state index contributed by atoms with van der Waals surface area (Å²) >= 11 is 1.72. The number of hydrogen-bond acceptors (Lipinski definition) is 3. The van der Waals surface area contributed by atoms with Gasteiger partial charge in [-0.3, -0.25) is 0 Å². The minimum atomic E-state index is -3.49. The Balaban J connectivity index is 2.06. The quantitative estimate of drug-likeness (QED) is 0.771. The highest BCUT2D eigenvalue weighted by Gasteiger charge is 2.34. The molecule has 0 unspecified atom stereocenters. The van der Waals surface area contributed by atoms with Crippen molar-refractivity contribution in [2.75, 3.05) is 6.54 Å². The Labute approximate surface area is 149 Å². The second-order valence-electron chi connectivity index (χ2n) is 6.70. The molecule has 3 rings (SSSR count). The average Bonchev–Trinajstić information content (AvgIpc) is 2.82. The van der Waals surface area contributed by atoms with Gasteiger partial charge in [0.1, 0.15) is 0 Å². The molecular weight excluding hydrogens is 338 g/mol. The summed E-state index contributed by atoms with van der Waals surface area (Å²) in [5.74, 6) is 0. The first-order valence-corrected chi connectivity index (χ1v) is 10.8. The normalized spacial score (nSPS) is 20.0. The molecule has 0 radical (unpaired) electrons. The standard InChI is InChI=1S/C19H25NO2S2/c1-14-8-9-15(2)19(13-14)24(21,22)20-12-6-4-5-7-17(20)18-11-10-16(3)23-18/h8-11,13,17H,4-7,12H2,1-3H3/t17-/m0/s1. The highest BCUT2D eigenvalue weighted by atomic mass is 32.2. The zero-order valence-electron chi connectivity index (χ0n) is 14.6. The summed E-state index contributed by atoms with van der Waals surface area (Å²) < 4.78 is 28.6. The highest BCUT2D eigenvalue weighted by molar-refractivity contribution is 7.89. The molecule has 1 aromatic heterocycles. The molecule has 2 aromatic rings. The van der Waals surface area contributed by atoms with Crippen LogP contribution in [0.3, 0.4) is 0 Å². The van der Waals surface area contributed by atoms with Crippen molar-refractivity contribution < 1.29 is 8.42 Å². The van der Waals surface area contributed by atoms with Crippen LogP contribution in [0.1, 0.15) is 52.6 Å². The largest absolute Gasteiger partial charge is 0.243 e. The van der Waals surface area contributed by atoms with Crippen LogP contribution in [0, 0.1) is 20.8 Å². The Bertz CT molecular complexity index is 824. The Hall–Kier alpha value is -1.17. The molecule has 5 heteroatoms. The molecule has 0 saturated carbocycles. The second-order valence-corrected chi connectivity index (χ2v) is 9.88. The van der Waals surface area contributed by atoms with Gasteiger partial charge in [0.25, 0.3) is 0 Å². The van der Waals surface area contributed by atoms with Crippen LogP contribution in [0.5, 0.6) is 0 Å². The van der Waals surface area contributed by atoms with Crippen LogP contribution >= 0.6 is 11.3 Å². The third kappa shape index (κ3) is 3.44. The van der Waals surface area contributed by atoms with E-state index < -0.39 is 10.0 Å². The number of sulfonamides is 1. The van der Waals surface area contributed by atoms with Crippen molar-refractivity contribution in [2.45, 2.75) is 57.4 Å². The summed E-state index contributed by atoms with van der Waals surface area (Å²) in [4.78, 5) is 2.87. The second kappa shape index (κ2) is 6.98. The van der Waals surface area contributed by atoms with Crippen molar-refractivity contribution in [3.8, 4) is 0 Å². The zero-order chi connectivity index (χ0) is 17.3. The highest BCUT2D eigenvalue weighted by Crippen LogP contribution is 2.38. The van der Waals surface area contributed by atoms with E-state index in [1.165, 1.54) is 9.75 Å². The van der Waals surface area contributed by atoms with Gasteiger partial charge < -0.3 is 0 Å². The molecule has 1 fully saturated rings. The summed E-state index contributed by atoms with van der Waals surface area (Å²) in [6.07, 6.45) is 4.02. The first-order chi connectivity index (χ1) is 11.4. The fraction of sp³-hybridized carbons (Fsp3) is 0.474. The SMILES string of the molecule is Cc1ccc(C)c(S(=O)(=O)N2CCCCC[C@H]2c2ccc(C)s2)c1. The molecule has 3 nitrogen and oxygen atoms in total. The van der Waals surface area contributed by atoms with Crippen molar-refractivity contribution in [1.29, 1.82) is 0 Å². The van der Waals surface area contributed by atoms with Gasteiger partial charge in [0.2, 0.25) is 10.0 Å². The molecule has 0 amide bonds. The van der Waals surface area contributed by atoms with Crippen LogP contribution in [0.2, 0.25) is 0 Å². The van der Waals surface area contributed by atoms with Gasteiger partial charge in [-0.05, 0) is 62.9 Å². The minimum Gasteiger partial charge on any atom is -0.207 e. The Morgan fingerprint density at radius 1 is 1.04 bits per heavy atom. The Morgan fingerprint density at radius 3 is 2.54 bits per heavy atom. The third-order valence-corrected chi connectivity index (χ3v) is 7.88. The van der Waals surface area contributed by atoms with Crippen LogP contribution in [0.15, 0.2) is 35.2 Å². The van der Waals surface area contributed by atoms with Crippen molar-refractivity contribution in [2.24, 2.45) is 0 Å². The zero-order valence-corrected chi connectivity index (χ0v) is 16.2. The van der Waals surface area contributed by atoms with Crippen molar-refractivity contribution >= 4 is 21.4 Å². The topological polar surface area (TPSA) is 37.4 Å². The molecule has 0 aliphatic carbocycles. The third-order valence-electron chi connectivity index (χ3n) is 4.72. The fourth-order valence-electron chi connectivity index (χ4n) is 3.40. The first-order valence-electron chi connectivity index (χ1n) is 8.55. The van der Waals surface area contributed by atoms with E-state index in [9.17, 15) is 8.42 Å². The summed E-state index contributed by atoms with van der Waals surface area (Å²) in [7, 11) is -3.49. The maximum absolute atomic E-state index is 13.4. The van der Waals surface area contributed by atoms with E-state index >= 15 is 0 Å². The lowest BCUT2D eigenvalue weighted by atomic mass is 10.1. The van der Waals surface area contributed by atoms with E-state index in [0.29, 0.717) is 11.4 Å². The van der Waals surface area contributed by atoms with Crippen LogP contribution in [0.25, 0.3) is 0 Å². The number of thiophene rings is 1. The van der Waals surface area contributed by atoms with Gasteiger partial charge in [-0.1, -0.05) is 25.0 Å². The lowest BCUT2D eigenvalue weighted by Gasteiger charge is -2.29. The molecule has 1 atom stereocenters. The van der Waals surface area contributed by atoms with Gasteiger partial charge in [0.05, 0.1) is 10.9 Å². The number of nitrogens with zero attached hydrogens (tertiary/aromatic N) is 1. The number of hydrogen-bond donors (Lipinski definition) is 0. The van der Waals surface area contributed by atoms with Gasteiger partial charge >= 0.3 is 0 Å². The van der Waals surface area contributed by atoms with Gasteiger partial charge in [-0.15, -0.1) is 11.3 Å². The van der Waals surface area contributed by atoms with E-state index in [4.69, 9.17) is 0 Å². The average molecular weight is 364 g/mol. The summed E-state index contributed by atoms with van der Waals surface area (Å²) in [6.45, 7) is 6.52. The predicted octanol–water partition coefficient (Wildman–Crippen LogP) is 4.98. The molecule has 2 heterocycles. The van der Waals surface area contributed by atoms with Crippen molar-refractivity contribution in [3.05, 3.63) is 51.2 Å². The van der Waals surface area contributed by atoms with Crippen LogP contribution in [-0.4, -0.2) is 19.3 Å². The van der Waals surface area contributed by atoms with Crippen LogP contribution in [-0.2, 0) is 10.0 Å². The number of rotatable bonds is 3. The fourth-order valence-corrected chi connectivity index (χ4v) is 6.48. The monoisotopic (exact) mass is 363 g/mol. The van der Waals surface area contributed by atoms with E-state index in [0.717, 1.165) is 36.8 Å². The first kappa shape index (κ1) is 17.6. The van der Waals surface area contributed by atoms with Gasteiger partial charge in [0.15, 0.2) is 0 Å². The molecule has 0 N–H and O–H groups in total. The van der Waals surface area contributed by atoms with Gasteiger partial charge in [-0.25, -0.2) is 8.42 Å². The number of aryl methyl sites for hydroxylation is 3. The molecule has 1 aliphatic rings. The summed E-state index contributed by atoms with van der Waals surface area (Å²) in [5.41, 5.74) is 1.81. The van der Waals surface area contributed by atoms with E-state index in [1.807, 2.05) is 32.0 Å². The lowest BCUT2D eigenvalue weighted by molar-refractivity contribution is 0.333. The lowest BCUT2D eigenvalue weighted by Crippen LogP contribution is -2.35. The Morgan fingerprint density at radius 2 is 1.83 bits per heavy atom. The Kier molecular flexibility index (Phi) is 5.13. The maximum Gasteiger partial charge on any atom is 0.243 e. The summed E-state index contributed by atoms with van der Waals surface area (Å²) in [6, 6.07) is 9.85. The van der Waals surface area contributed by atoms with Crippen molar-refractivity contribution in [1.82, 2.24) is 4.31 Å². The molecule has 0 bridgehead atoms. The smallest absolute Gasteiger partial charge is 0.207 e. The van der Waals surface area contributed by atoms with Gasteiger partial charge in [0, 0.05) is 16.3 Å². The molecule has 1 saturated heterocycles. The van der Waals surface area contributed by atoms with Crippen molar-refractivity contribution in [3.63, 3.8) is 0 Å². The maximum atomic E-state index is 13.4. The number of benzene rings is 1. The van der Waals surface area contributed by atoms with Gasteiger partial charge in [-0.2, -0.15) is 4.31 Å².